The van der Waals surface area contributed by atoms with Crippen molar-refractivity contribution in [3.8, 4) is 0 Å². The van der Waals surface area contributed by atoms with Gasteiger partial charge in [0.2, 0.25) is 5.91 Å². The summed E-state index contributed by atoms with van der Waals surface area (Å²) in [7, 11) is 0. The maximum atomic E-state index is 12.8. The molecule has 1 atom stereocenters. The Labute approximate surface area is 174 Å². The van der Waals surface area contributed by atoms with Crippen LogP contribution in [0.5, 0.6) is 0 Å². The minimum Gasteiger partial charge on any atom is -0.356 e. The molecule has 1 aliphatic heterocycles. The third-order valence-electron chi connectivity index (χ3n) is 5.25. The highest BCUT2D eigenvalue weighted by Gasteiger charge is 2.21. The Kier molecular flexibility index (Phi) is 5.53. The molecule has 4 rings (SSSR count). The normalized spacial score (nSPS) is 16.8. The number of nitrogens with zero attached hydrogens (tertiary/aromatic N) is 3. The molecule has 1 saturated heterocycles. The topological polar surface area (TPSA) is 67.2 Å². The third-order valence-corrected chi connectivity index (χ3v) is 5.51. The van der Waals surface area contributed by atoms with E-state index < -0.39 is 5.69 Å². The number of para-hydroxylation sites is 1. The third kappa shape index (κ3) is 4.27. The molecule has 2 heterocycles. The van der Waals surface area contributed by atoms with E-state index in [1.807, 2.05) is 24.3 Å². The molecule has 0 spiro atoms. The minimum absolute atomic E-state index is 0.106. The highest BCUT2D eigenvalue weighted by molar-refractivity contribution is 6.30. The Hall–Kier alpha value is -2.86. The average Bonchev–Trinajstić information content (AvgIpc) is 2.71. The Morgan fingerprint density at radius 2 is 1.97 bits per heavy atom. The molecule has 1 fully saturated rings. The molecule has 0 radical (unpaired) electrons. The number of fused-ring (bicyclic) bond motifs is 1. The summed E-state index contributed by atoms with van der Waals surface area (Å²) in [5.74, 6) is 0.990. The van der Waals surface area contributed by atoms with E-state index >= 15 is 0 Å². The van der Waals surface area contributed by atoms with Gasteiger partial charge in [0.15, 0.2) is 0 Å². The fourth-order valence-electron chi connectivity index (χ4n) is 3.87. The first-order valence-electron chi connectivity index (χ1n) is 9.81. The van der Waals surface area contributed by atoms with Crippen molar-refractivity contribution in [2.45, 2.75) is 26.3 Å². The van der Waals surface area contributed by atoms with Crippen LogP contribution in [-0.2, 0) is 11.3 Å². The number of hydrogen-bond acceptors (Lipinski definition) is 4. The molecule has 0 saturated carbocycles. The summed E-state index contributed by atoms with van der Waals surface area (Å²) >= 11 is 5.88. The van der Waals surface area contributed by atoms with E-state index in [2.05, 4.69) is 22.1 Å². The SMILES string of the molecule is C[C@@H]1CCCN(c2nc(=O)n(CC(=O)Nc3ccc(Cl)cc3)c3ccccc23)C1. The second-order valence-electron chi connectivity index (χ2n) is 7.57. The van der Waals surface area contributed by atoms with E-state index in [0.717, 1.165) is 24.9 Å². The van der Waals surface area contributed by atoms with Gasteiger partial charge in [0.25, 0.3) is 0 Å². The quantitative estimate of drug-likeness (QED) is 0.707. The molecular weight excluding hydrogens is 388 g/mol. The standard InChI is InChI=1S/C22H23ClN4O2/c1-15-5-4-12-26(13-15)21-18-6-2-3-7-19(18)27(22(29)25-21)14-20(28)24-17-10-8-16(23)9-11-17/h2-3,6-11,15H,4-5,12-14H2,1H3,(H,24,28)/t15-/m1/s1. The fourth-order valence-corrected chi connectivity index (χ4v) is 3.99. The number of amides is 1. The predicted octanol–water partition coefficient (Wildman–Crippen LogP) is 3.92. The molecule has 0 bridgehead atoms. The smallest absolute Gasteiger partial charge is 0.350 e. The summed E-state index contributed by atoms with van der Waals surface area (Å²) in [6.07, 6.45) is 2.28. The average molecular weight is 411 g/mol. The van der Waals surface area contributed by atoms with Crippen LogP contribution >= 0.6 is 11.6 Å². The predicted molar refractivity (Wildman–Crippen MR) is 117 cm³/mol. The summed E-state index contributed by atoms with van der Waals surface area (Å²) in [4.78, 5) is 31.9. The van der Waals surface area contributed by atoms with Crippen molar-refractivity contribution in [3.63, 3.8) is 0 Å². The van der Waals surface area contributed by atoms with Gasteiger partial charge in [-0.1, -0.05) is 30.7 Å². The Balaban J connectivity index is 1.65. The van der Waals surface area contributed by atoms with Crippen LogP contribution in [0, 0.1) is 5.92 Å². The van der Waals surface area contributed by atoms with Crippen molar-refractivity contribution < 1.29 is 4.79 Å². The van der Waals surface area contributed by atoms with Gasteiger partial charge in [-0.25, -0.2) is 4.79 Å². The van der Waals surface area contributed by atoms with Crippen LogP contribution in [0.4, 0.5) is 11.5 Å². The maximum absolute atomic E-state index is 12.8. The van der Waals surface area contributed by atoms with E-state index in [-0.39, 0.29) is 12.5 Å². The van der Waals surface area contributed by atoms with Crippen molar-refractivity contribution in [3.05, 3.63) is 64.0 Å². The lowest BCUT2D eigenvalue weighted by atomic mass is 10.00. The molecule has 1 N–H and O–H groups in total. The van der Waals surface area contributed by atoms with Gasteiger partial charge in [-0.15, -0.1) is 0 Å². The number of benzene rings is 2. The van der Waals surface area contributed by atoms with Gasteiger partial charge in [0.05, 0.1) is 5.52 Å². The summed E-state index contributed by atoms with van der Waals surface area (Å²) in [6, 6.07) is 14.5. The molecule has 29 heavy (non-hydrogen) atoms. The second kappa shape index (κ2) is 8.25. The Morgan fingerprint density at radius 1 is 1.21 bits per heavy atom. The van der Waals surface area contributed by atoms with Crippen molar-refractivity contribution in [2.24, 2.45) is 5.92 Å². The molecule has 1 aliphatic rings. The Bertz CT molecular complexity index is 1090. The summed E-state index contributed by atoms with van der Waals surface area (Å²) in [5.41, 5.74) is 0.929. The maximum Gasteiger partial charge on any atom is 0.350 e. The van der Waals surface area contributed by atoms with E-state index in [9.17, 15) is 9.59 Å². The minimum atomic E-state index is -0.414. The van der Waals surface area contributed by atoms with Gasteiger partial charge >= 0.3 is 5.69 Å². The zero-order chi connectivity index (χ0) is 20.4. The lowest BCUT2D eigenvalue weighted by molar-refractivity contribution is -0.116. The van der Waals surface area contributed by atoms with Gasteiger partial charge in [-0.2, -0.15) is 4.98 Å². The van der Waals surface area contributed by atoms with Crippen LogP contribution in [-0.4, -0.2) is 28.5 Å². The van der Waals surface area contributed by atoms with E-state index in [4.69, 9.17) is 11.6 Å². The first kappa shape index (κ1) is 19.5. The molecular formula is C22H23ClN4O2. The van der Waals surface area contributed by atoms with Gasteiger partial charge < -0.3 is 10.2 Å². The molecule has 0 unspecified atom stereocenters. The number of aromatic nitrogens is 2. The molecule has 6 nitrogen and oxygen atoms in total. The van der Waals surface area contributed by atoms with Crippen LogP contribution in [0.15, 0.2) is 53.3 Å². The zero-order valence-electron chi connectivity index (χ0n) is 16.3. The summed E-state index contributed by atoms with van der Waals surface area (Å²) < 4.78 is 1.43. The second-order valence-corrected chi connectivity index (χ2v) is 8.01. The number of halogens is 1. The van der Waals surface area contributed by atoms with Crippen molar-refractivity contribution in [2.75, 3.05) is 23.3 Å². The number of anilines is 2. The van der Waals surface area contributed by atoms with Gasteiger partial charge in [-0.3, -0.25) is 9.36 Å². The first-order chi connectivity index (χ1) is 14.0. The van der Waals surface area contributed by atoms with Gasteiger partial charge in [0, 0.05) is 29.2 Å². The molecule has 3 aromatic rings. The molecule has 1 amide bonds. The summed E-state index contributed by atoms with van der Waals surface area (Å²) in [6.45, 7) is 3.89. The fraction of sp³-hybridized carbons (Fsp3) is 0.318. The molecule has 2 aromatic carbocycles. The number of rotatable bonds is 4. The van der Waals surface area contributed by atoms with E-state index in [1.165, 1.54) is 11.0 Å². The molecule has 7 heteroatoms. The highest BCUT2D eigenvalue weighted by atomic mass is 35.5. The van der Waals surface area contributed by atoms with Crippen LogP contribution in [0.1, 0.15) is 19.8 Å². The van der Waals surface area contributed by atoms with Crippen molar-refractivity contribution in [1.82, 2.24) is 9.55 Å². The lowest BCUT2D eigenvalue weighted by Gasteiger charge is -2.32. The molecule has 1 aromatic heterocycles. The number of hydrogen-bond donors (Lipinski definition) is 1. The van der Waals surface area contributed by atoms with Crippen LogP contribution in [0.25, 0.3) is 10.9 Å². The summed E-state index contributed by atoms with van der Waals surface area (Å²) in [5, 5.41) is 4.28. The van der Waals surface area contributed by atoms with Crippen molar-refractivity contribution >= 4 is 39.9 Å². The number of carbonyl (C=O) groups is 1. The first-order valence-corrected chi connectivity index (χ1v) is 10.2. The number of piperidine rings is 1. The largest absolute Gasteiger partial charge is 0.356 e. The van der Waals surface area contributed by atoms with E-state index in [1.54, 1.807) is 24.3 Å². The van der Waals surface area contributed by atoms with E-state index in [0.29, 0.717) is 28.0 Å². The highest BCUT2D eigenvalue weighted by Crippen LogP contribution is 2.27. The zero-order valence-corrected chi connectivity index (χ0v) is 17.0. The molecule has 150 valence electrons. The van der Waals surface area contributed by atoms with Crippen LogP contribution in [0.3, 0.4) is 0 Å². The van der Waals surface area contributed by atoms with Crippen LogP contribution in [0.2, 0.25) is 5.02 Å². The van der Waals surface area contributed by atoms with Crippen LogP contribution < -0.4 is 15.9 Å². The molecule has 0 aliphatic carbocycles. The number of carbonyl (C=O) groups excluding carboxylic acids is 1. The van der Waals surface area contributed by atoms with Crippen molar-refractivity contribution in [1.29, 1.82) is 0 Å². The lowest BCUT2D eigenvalue weighted by Crippen LogP contribution is -2.38. The number of nitrogens with one attached hydrogen (secondary N) is 1. The monoisotopic (exact) mass is 410 g/mol. The van der Waals surface area contributed by atoms with Gasteiger partial charge in [0.1, 0.15) is 12.4 Å². The van der Waals surface area contributed by atoms with Gasteiger partial charge in [-0.05, 0) is 55.2 Å². The Morgan fingerprint density at radius 3 is 2.72 bits per heavy atom.